The van der Waals surface area contributed by atoms with Gasteiger partial charge in [-0.1, -0.05) is 36.4 Å². The van der Waals surface area contributed by atoms with Crippen LogP contribution in [0.25, 0.3) is 0 Å². The molecule has 0 saturated heterocycles. The van der Waals surface area contributed by atoms with Crippen molar-refractivity contribution in [3.63, 3.8) is 0 Å². The Balaban J connectivity index is 2.73. The van der Waals surface area contributed by atoms with Crippen LogP contribution in [0.5, 0.6) is 0 Å². The minimum atomic E-state index is 0.413. The molecule has 64 valence electrons. The van der Waals surface area contributed by atoms with E-state index in [9.17, 15) is 0 Å². The second-order valence-corrected chi connectivity index (χ2v) is 2.83. The third-order valence-electron chi connectivity index (χ3n) is 1.99. The molecular formula is C11H15N. The molecule has 0 radical (unpaired) electrons. The van der Waals surface area contributed by atoms with E-state index in [-0.39, 0.29) is 0 Å². The van der Waals surface area contributed by atoms with Crippen LogP contribution in [0.2, 0.25) is 0 Å². The van der Waals surface area contributed by atoms with Crippen molar-refractivity contribution >= 4 is 0 Å². The van der Waals surface area contributed by atoms with Crippen molar-refractivity contribution in [2.45, 2.75) is 12.3 Å². The molecule has 0 heterocycles. The summed E-state index contributed by atoms with van der Waals surface area (Å²) in [6.45, 7) is 4.51. The van der Waals surface area contributed by atoms with Crippen LogP contribution in [0.15, 0.2) is 43.0 Å². The van der Waals surface area contributed by atoms with Gasteiger partial charge in [0.15, 0.2) is 0 Å². The molecule has 2 N–H and O–H groups in total. The highest BCUT2D eigenvalue weighted by molar-refractivity contribution is 5.22. The Morgan fingerprint density at radius 3 is 2.50 bits per heavy atom. The number of benzene rings is 1. The summed E-state index contributed by atoms with van der Waals surface area (Å²) in [4.78, 5) is 0. The molecule has 0 aliphatic heterocycles. The largest absolute Gasteiger partial charge is 0.330 e. The van der Waals surface area contributed by atoms with Gasteiger partial charge in [-0.2, -0.15) is 0 Å². The highest BCUT2D eigenvalue weighted by Crippen LogP contribution is 2.18. The first-order valence-electron chi connectivity index (χ1n) is 4.26. The Morgan fingerprint density at radius 1 is 1.33 bits per heavy atom. The highest BCUT2D eigenvalue weighted by atomic mass is 14.5. The molecule has 1 heteroatoms. The lowest BCUT2D eigenvalue weighted by Crippen LogP contribution is -2.05. The van der Waals surface area contributed by atoms with Gasteiger partial charge in [0.2, 0.25) is 0 Å². The standard InChI is InChI=1S/C11H15N/c1-2-10(8-9-12)11-6-4-3-5-7-11/h2-7,10H,1,8-9,12H2/t10-/m0/s1. The molecule has 1 atom stereocenters. The van der Waals surface area contributed by atoms with Crippen LogP contribution < -0.4 is 5.73 Å². The van der Waals surface area contributed by atoms with Crippen LogP contribution in [0.4, 0.5) is 0 Å². The Kier molecular flexibility index (Phi) is 3.55. The van der Waals surface area contributed by atoms with Gasteiger partial charge in [0.25, 0.3) is 0 Å². The van der Waals surface area contributed by atoms with Crippen LogP contribution in [-0.4, -0.2) is 6.54 Å². The summed E-state index contributed by atoms with van der Waals surface area (Å²) in [5.74, 6) is 0.413. The van der Waals surface area contributed by atoms with E-state index in [1.807, 2.05) is 24.3 Å². The van der Waals surface area contributed by atoms with Crippen LogP contribution in [0.1, 0.15) is 17.9 Å². The second kappa shape index (κ2) is 4.73. The van der Waals surface area contributed by atoms with Crippen molar-refractivity contribution < 1.29 is 0 Å². The fraction of sp³-hybridized carbons (Fsp3) is 0.273. The molecule has 1 nitrogen and oxygen atoms in total. The molecule has 1 aromatic rings. The zero-order chi connectivity index (χ0) is 8.81. The predicted octanol–water partition coefficient (Wildman–Crippen LogP) is 2.31. The molecule has 0 unspecified atom stereocenters. The van der Waals surface area contributed by atoms with Gasteiger partial charge in [-0.15, -0.1) is 6.58 Å². The lowest BCUT2D eigenvalue weighted by Gasteiger charge is -2.10. The summed E-state index contributed by atoms with van der Waals surface area (Å²) in [6.07, 6.45) is 2.94. The zero-order valence-electron chi connectivity index (χ0n) is 7.24. The Bertz CT molecular complexity index is 228. The van der Waals surface area contributed by atoms with Crippen LogP contribution in [0.3, 0.4) is 0 Å². The summed E-state index contributed by atoms with van der Waals surface area (Å²) in [5, 5.41) is 0. The van der Waals surface area contributed by atoms with E-state index < -0.39 is 0 Å². The van der Waals surface area contributed by atoms with Crippen molar-refractivity contribution in [1.82, 2.24) is 0 Å². The number of rotatable bonds is 4. The van der Waals surface area contributed by atoms with Crippen molar-refractivity contribution in [1.29, 1.82) is 0 Å². The molecule has 0 amide bonds. The normalized spacial score (nSPS) is 12.4. The van der Waals surface area contributed by atoms with Crippen LogP contribution >= 0.6 is 0 Å². The van der Waals surface area contributed by atoms with Crippen molar-refractivity contribution in [3.8, 4) is 0 Å². The van der Waals surface area contributed by atoms with E-state index in [0.717, 1.165) is 6.42 Å². The lowest BCUT2D eigenvalue weighted by atomic mass is 9.96. The summed E-state index contributed by atoms with van der Waals surface area (Å²) < 4.78 is 0. The predicted molar refractivity (Wildman–Crippen MR) is 53.1 cm³/mol. The first-order valence-corrected chi connectivity index (χ1v) is 4.26. The van der Waals surface area contributed by atoms with Crippen LogP contribution in [0, 0.1) is 0 Å². The minimum Gasteiger partial charge on any atom is -0.330 e. The summed E-state index contributed by atoms with van der Waals surface area (Å²) in [5.41, 5.74) is 6.80. The number of hydrogen-bond donors (Lipinski definition) is 1. The van der Waals surface area contributed by atoms with Gasteiger partial charge >= 0.3 is 0 Å². The Morgan fingerprint density at radius 2 is 2.00 bits per heavy atom. The van der Waals surface area contributed by atoms with E-state index in [2.05, 4.69) is 18.7 Å². The fourth-order valence-electron chi connectivity index (χ4n) is 1.30. The van der Waals surface area contributed by atoms with E-state index in [4.69, 9.17) is 5.73 Å². The zero-order valence-corrected chi connectivity index (χ0v) is 7.24. The quantitative estimate of drug-likeness (QED) is 0.674. The van der Waals surface area contributed by atoms with E-state index in [0.29, 0.717) is 12.5 Å². The highest BCUT2D eigenvalue weighted by Gasteiger charge is 2.03. The van der Waals surface area contributed by atoms with Crippen molar-refractivity contribution in [2.24, 2.45) is 5.73 Å². The molecule has 0 spiro atoms. The molecule has 1 rings (SSSR count). The first-order chi connectivity index (χ1) is 5.88. The Hall–Kier alpha value is -1.08. The first kappa shape index (κ1) is 9.01. The van der Waals surface area contributed by atoms with E-state index >= 15 is 0 Å². The van der Waals surface area contributed by atoms with Gasteiger partial charge in [0, 0.05) is 5.92 Å². The van der Waals surface area contributed by atoms with Crippen LogP contribution in [-0.2, 0) is 0 Å². The lowest BCUT2D eigenvalue weighted by molar-refractivity contribution is 0.749. The SMILES string of the molecule is C=C[C@@H](CCN)c1ccccc1. The molecule has 0 fully saturated rings. The molecule has 0 aliphatic carbocycles. The Labute approximate surface area is 73.9 Å². The summed E-state index contributed by atoms with van der Waals surface area (Å²) in [6, 6.07) is 10.3. The van der Waals surface area contributed by atoms with Gasteiger partial charge in [0.05, 0.1) is 0 Å². The van der Waals surface area contributed by atoms with Crippen molar-refractivity contribution in [2.75, 3.05) is 6.54 Å². The van der Waals surface area contributed by atoms with Gasteiger partial charge in [-0.05, 0) is 18.5 Å². The molecule has 0 bridgehead atoms. The fourth-order valence-corrected chi connectivity index (χ4v) is 1.30. The smallest absolute Gasteiger partial charge is 0.00272 e. The third kappa shape index (κ3) is 2.21. The van der Waals surface area contributed by atoms with Crippen molar-refractivity contribution in [3.05, 3.63) is 48.6 Å². The van der Waals surface area contributed by atoms with Gasteiger partial charge < -0.3 is 5.73 Å². The second-order valence-electron chi connectivity index (χ2n) is 2.83. The van der Waals surface area contributed by atoms with Gasteiger partial charge in [-0.3, -0.25) is 0 Å². The monoisotopic (exact) mass is 161 g/mol. The molecule has 12 heavy (non-hydrogen) atoms. The summed E-state index contributed by atoms with van der Waals surface area (Å²) in [7, 11) is 0. The summed E-state index contributed by atoms with van der Waals surface area (Å²) >= 11 is 0. The van der Waals surface area contributed by atoms with Gasteiger partial charge in [0.1, 0.15) is 0 Å². The molecule has 0 aromatic heterocycles. The maximum atomic E-state index is 5.49. The number of hydrogen-bond acceptors (Lipinski definition) is 1. The number of allylic oxidation sites excluding steroid dienone is 1. The molecule has 1 aromatic carbocycles. The molecule has 0 saturated carbocycles. The average Bonchev–Trinajstić information content (AvgIpc) is 2.15. The van der Waals surface area contributed by atoms with E-state index in [1.165, 1.54) is 5.56 Å². The van der Waals surface area contributed by atoms with E-state index in [1.54, 1.807) is 0 Å². The number of nitrogens with two attached hydrogens (primary N) is 1. The maximum absolute atomic E-state index is 5.49. The third-order valence-corrected chi connectivity index (χ3v) is 1.99. The average molecular weight is 161 g/mol. The van der Waals surface area contributed by atoms with Gasteiger partial charge in [-0.25, -0.2) is 0 Å². The molecule has 0 aliphatic rings. The minimum absolute atomic E-state index is 0.413. The topological polar surface area (TPSA) is 26.0 Å². The maximum Gasteiger partial charge on any atom is 0.00272 e. The molecular weight excluding hydrogens is 146 g/mol.